The normalized spacial score (nSPS) is 20.9. The number of likely N-dealkylation sites (tertiary alicyclic amines) is 1. The number of β-amino-alcohol motifs (C(OH)–C–C–N with tert-alkyl or cyclic N) is 1. The summed E-state index contributed by atoms with van der Waals surface area (Å²) in [6, 6.07) is 9.80. The number of benzene rings is 1. The van der Waals surface area contributed by atoms with Crippen LogP contribution in [-0.2, 0) is 16.9 Å². The number of halogens is 1. The first kappa shape index (κ1) is 15.7. The average Bonchev–Trinajstić information content (AvgIpc) is 3.18. The second-order valence-corrected chi connectivity index (χ2v) is 6.13. The van der Waals surface area contributed by atoms with E-state index in [1.807, 2.05) is 29.1 Å². The van der Waals surface area contributed by atoms with Crippen LogP contribution in [0.2, 0.25) is 0 Å². The zero-order valence-electron chi connectivity index (χ0n) is 13.0. The second kappa shape index (κ2) is 6.54. The summed E-state index contributed by atoms with van der Waals surface area (Å²) in [6.45, 7) is 1.63. The van der Waals surface area contributed by atoms with E-state index in [9.17, 15) is 14.3 Å². The van der Waals surface area contributed by atoms with Gasteiger partial charge in [0, 0.05) is 31.9 Å². The van der Waals surface area contributed by atoms with Gasteiger partial charge in [-0.2, -0.15) is 0 Å². The molecule has 2 aromatic rings. The van der Waals surface area contributed by atoms with E-state index < -0.39 is 5.60 Å². The van der Waals surface area contributed by atoms with Gasteiger partial charge in [-0.1, -0.05) is 12.1 Å². The first-order valence-corrected chi connectivity index (χ1v) is 7.94. The molecule has 122 valence electrons. The van der Waals surface area contributed by atoms with Crippen LogP contribution in [0.4, 0.5) is 4.39 Å². The molecule has 2 heterocycles. The van der Waals surface area contributed by atoms with E-state index in [-0.39, 0.29) is 18.3 Å². The number of aliphatic hydroxyl groups is 1. The summed E-state index contributed by atoms with van der Waals surface area (Å²) < 4.78 is 15.1. The van der Waals surface area contributed by atoms with Crippen LogP contribution in [-0.4, -0.2) is 33.6 Å². The maximum atomic E-state index is 13.0. The number of carbonyl (C=O) groups is 1. The van der Waals surface area contributed by atoms with E-state index in [4.69, 9.17) is 0 Å². The van der Waals surface area contributed by atoms with Crippen molar-refractivity contribution in [3.8, 4) is 0 Å². The number of rotatable bonds is 5. The number of aromatic nitrogens is 1. The second-order valence-electron chi connectivity index (χ2n) is 6.13. The maximum absolute atomic E-state index is 13.0. The van der Waals surface area contributed by atoms with E-state index in [0.717, 1.165) is 13.0 Å². The molecule has 1 amide bonds. The van der Waals surface area contributed by atoms with Crippen LogP contribution < -0.4 is 0 Å². The van der Waals surface area contributed by atoms with Gasteiger partial charge in [0.1, 0.15) is 11.4 Å². The van der Waals surface area contributed by atoms with E-state index in [2.05, 4.69) is 0 Å². The highest BCUT2D eigenvalue weighted by atomic mass is 19.1. The van der Waals surface area contributed by atoms with Crippen LogP contribution in [0.15, 0.2) is 48.8 Å². The third-order valence-electron chi connectivity index (χ3n) is 4.46. The first-order chi connectivity index (χ1) is 11.1. The minimum absolute atomic E-state index is 0.0650. The average molecular weight is 316 g/mol. The van der Waals surface area contributed by atoms with Crippen molar-refractivity contribution in [2.24, 2.45) is 0 Å². The van der Waals surface area contributed by atoms with Crippen molar-refractivity contribution in [1.82, 2.24) is 9.47 Å². The maximum Gasteiger partial charge on any atom is 0.222 e. The molecular weight excluding hydrogens is 295 g/mol. The highest BCUT2D eigenvalue weighted by Gasteiger charge is 2.39. The van der Waals surface area contributed by atoms with Crippen LogP contribution in [0.1, 0.15) is 24.8 Å². The van der Waals surface area contributed by atoms with Gasteiger partial charge in [0.25, 0.3) is 0 Å². The van der Waals surface area contributed by atoms with E-state index >= 15 is 0 Å². The highest BCUT2D eigenvalue weighted by Crippen LogP contribution is 2.32. The monoisotopic (exact) mass is 316 g/mol. The fraction of sp³-hybridized carbons (Fsp3) is 0.389. The number of aryl methyl sites for hydroxylation is 1. The first-order valence-electron chi connectivity index (χ1n) is 7.94. The van der Waals surface area contributed by atoms with Crippen LogP contribution >= 0.6 is 0 Å². The highest BCUT2D eigenvalue weighted by molar-refractivity contribution is 5.76. The molecule has 0 bridgehead atoms. The van der Waals surface area contributed by atoms with Crippen molar-refractivity contribution in [2.45, 2.75) is 31.4 Å². The standard InChI is InChI=1S/C18H21FN2O2/c19-16-7-5-15(6-8-16)18(23)9-13-21(14-18)17(22)4-3-12-20-10-1-2-11-20/h1-2,5-8,10-11,23H,3-4,9,12-14H2. The molecule has 1 aliphatic heterocycles. The van der Waals surface area contributed by atoms with Crippen molar-refractivity contribution >= 4 is 5.91 Å². The lowest BCUT2D eigenvalue weighted by atomic mass is 9.93. The number of hydrogen-bond donors (Lipinski definition) is 1. The molecule has 1 saturated heterocycles. The Bertz CT molecular complexity index is 654. The van der Waals surface area contributed by atoms with Crippen LogP contribution in [0.5, 0.6) is 0 Å². The third-order valence-corrected chi connectivity index (χ3v) is 4.46. The smallest absolute Gasteiger partial charge is 0.222 e. The Labute approximate surface area is 135 Å². The summed E-state index contributed by atoms with van der Waals surface area (Å²) >= 11 is 0. The van der Waals surface area contributed by atoms with Gasteiger partial charge in [-0.25, -0.2) is 4.39 Å². The van der Waals surface area contributed by atoms with Gasteiger partial charge in [0.05, 0.1) is 6.54 Å². The van der Waals surface area contributed by atoms with Crippen molar-refractivity contribution in [1.29, 1.82) is 0 Å². The summed E-state index contributed by atoms with van der Waals surface area (Å²) in [5.74, 6) is -0.261. The Morgan fingerprint density at radius 2 is 1.91 bits per heavy atom. The molecule has 4 nitrogen and oxygen atoms in total. The molecule has 1 aromatic heterocycles. The van der Waals surface area contributed by atoms with E-state index in [0.29, 0.717) is 24.9 Å². The van der Waals surface area contributed by atoms with Crippen LogP contribution in [0, 0.1) is 5.82 Å². The molecule has 0 spiro atoms. The van der Waals surface area contributed by atoms with Gasteiger partial charge >= 0.3 is 0 Å². The fourth-order valence-electron chi connectivity index (χ4n) is 3.09. The van der Waals surface area contributed by atoms with E-state index in [1.165, 1.54) is 12.1 Å². The molecule has 1 atom stereocenters. The van der Waals surface area contributed by atoms with Crippen molar-refractivity contribution in [2.75, 3.05) is 13.1 Å². The lowest BCUT2D eigenvalue weighted by molar-refractivity contribution is -0.131. The molecule has 5 heteroatoms. The molecule has 0 radical (unpaired) electrons. The number of hydrogen-bond acceptors (Lipinski definition) is 2. The molecular formula is C18H21FN2O2. The van der Waals surface area contributed by atoms with Crippen molar-refractivity contribution in [3.63, 3.8) is 0 Å². The summed E-state index contributed by atoms with van der Waals surface area (Å²) in [7, 11) is 0. The molecule has 23 heavy (non-hydrogen) atoms. The SMILES string of the molecule is O=C(CCCn1cccc1)N1CCC(O)(c2ccc(F)cc2)C1. The predicted octanol–water partition coefficient (Wildman–Crippen LogP) is 2.53. The Morgan fingerprint density at radius 1 is 1.22 bits per heavy atom. The van der Waals surface area contributed by atoms with Crippen LogP contribution in [0.25, 0.3) is 0 Å². The lowest BCUT2D eigenvalue weighted by Gasteiger charge is -2.24. The van der Waals surface area contributed by atoms with Gasteiger partial charge in [-0.05, 0) is 42.7 Å². The molecule has 1 fully saturated rings. The Kier molecular flexibility index (Phi) is 4.48. The van der Waals surface area contributed by atoms with Crippen molar-refractivity contribution < 1.29 is 14.3 Å². The molecule has 1 aliphatic rings. The quantitative estimate of drug-likeness (QED) is 0.921. The van der Waals surface area contributed by atoms with Crippen molar-refractivity contribution in [3.05, 3.63) is 60.2 Å². The zero-order valence-corrected chi connectivity index (χ0v) is 13.0. The largest absolute Gasteiger partial charge is 0.383 e. The lowest BCUT2D eigenvalue weighted by Crippen LogP contribution is -2.34. The van der Waals surface area contributed by atoms with Crippen LogP contribution in [0.3, 0.4) is 0 Å². The molecule has 3 rings (SSSR count). The van der Waals surface area contributed by atoms with Gasteiger partial charge in [0.2, 0.25) is 5.91 Å². The number of amides is 1. The summed E-state index contributed by atoms with van der Waals surface area (Å²) in [5.41, 5.74) is -0.398. The minimum Gasteiger partial charge on any atom is -0.383 e. The molecule has 0 aliphatic carbocycles. The van der Waals surface area contributed by atoms with Gasteiger partial charge in [-0.3, -0.25) is 4.79 Å². The Balaban J connectivity index is 1.54. The summed E-state index contributed by atoms with van der Waals surface area (Å²) in [5, 5.41) is 10.7. The van der Waals surface area contributed by atoms with Gasteiger partial charge < -0.3 is 14.6 Å². The third kappa shape index (κ3) is 3.62. The summed E-state index contributed by atoms with van der Waals surface area (Å²) in [4.78, 5) is 14.0. The topological polar surface area (TPSA) is 45.5 Å². The van der Waals surface area contributed by atoms with Gasteiger partial charge in [-0.15, -0.1) is 0 Å². The van der Waals surface area contributed by atoms with Gasteiger partial charge in [0.15, 0.2) is 0 Å². The Hall–Kier alpha value is -2.14. The molecule has 1 N–H and O–H groups in total. The fourth-order valence-corrected chi connectivity index (χ4v) is 3.09. The number of nitrogens with zero attached hydrogens (tertiary/aromatic N) is 2. The molecule has 1 aromatic carbocycles. The molecule has 0 saturated carbocycles. The Morgan fingerprint density at radius 3 is 2.61 bits per heavy atom. The zero-order chi connectivity index (χ0) is 16.3. The minimum atomic E-state index is -1.07. The summed E-state index contributed by atoms with van der Waals surface area (Å²) in [6.07, 6.45) is 5.69. The molecule has 1 unspecified atom stereocenters. The number of carbonyl (C=O) groups excluding carboxylic acids is 1. The van der Waals surface area contributed by atoms with E-state index in [1.54, 1.807) is 17.0 Å². The predicted molar refractivity (Wildman–Crippen MR) is 85.2 cm³/mol.